The second-order valence-corrected chi connectivity index (χ2v) is 6.48. The first-order valence-corrected chi connectivity index (χ1v) is 8.38. The van der Waals surface area contributed by atoms with Gasteiger partial charge in [-0.25, -0.2) is 0 Å². The standard InChI is InChI=1S/C18H29N3O/c1-14(2)21-12-8-17(9-13-21)19-10-11-20-18(22)16-6-4-15(3)5-7-16/h4-7,14,17,19H,8-13H2,1-3H3,(H,20,22). The highest BCUT2D eigenvalue weighted by molar-refractivity contribution is 5.94. The van der Waals surface area contributed by atoms with Crippen molar-refractivity contribution in [2.24, 2.45) is 0 Å². The van der Waals surface area contributed by atoms with Crippen LogP contribution in [0.5, 0.6) is 0 Å². The van der Waals surface area contributed by atoms with Gasteiger partial charge in [0.15, 0.2) is 0 Å². The molecular weight excluding hydrogens is 274 g/mol. The molecule has 0 bridgehead atoms. The van der Waals surface area contributed by atoms with E-state index in [1.165, 1.54) is 31.5 Å². The predicted octanol–water partition coefficient (Wildman–Crippen LogP) is 2.19. The quantitative estimate of drug-likeness (QED) is 0.792. The highest BCUT2D eigenvalue weighted by atomic mass is 16.1. The van der Waals surface area contributed by atoms with Crippen molar-refractivity contribution in [3.63, 3.8) is 0 Å². The van der Waals surface area contributed by atoms with Gasteiger partial charge in [-0.1, -0.05) is 17.7 Å². The Bertz CT molecular complexity index is 462. The van der Waals surface area contributed by atoms with Gasteiger partial charge >= 0.3 is 0 Å². The summed E-state index contributed by atoms with van der Waals surface area (Å²) in [6.07, 6.45) is 2.40. The van der Waals surface area contributed by atoms with Gasteiger partial charge in [-0.3, -0.25) is 4.79 Å². The van der Waals surface area contributed by atoms with Gasteiger partial charge in [-0.2, -0.15) is 0 Å². The number of benzene rings is 1. The molecule has 1 aromatic carbocycles. The lowest BCUT2D eigenvalue weighted by molar-refractivity contribution is 0.0952. The van der Waals surface area contributed by atoms with Crippen molar-refractivity contribution in [1.29, 1.82) is 0 Å². The van der Waals surface area contributed by atoms with Crippen LogP contribution in [0, 0.1) is 6.92 Å². The molecule has 1 aliphatic rings. The van der Waals surface area contributed by atoms with Crippen molar-refractivity contribution < 1.29 is 4.79 Å². The van der Waals surface area contributed by atoms with E-state index >= 15 is 0 Å². The zero-order chi connectivity index (χ0) is 15.9. The van der Waals surface area contributed by atoms with Crippen molar-refractivity contribution in [1.82, 2.24) is 15.5 Å². The number of likely N-dealkylation sites (tertiary alicyclic amines) is 1. The summed E-state index contributed by atoms with van der Waals surface area (Å²) in [6, 6.07) is 8.92. The van der Waals surface area contributed by atoms with Crippen LogP contribution in [0.15, 0.2) is 24.3 Å². The molecule has 0 aliphatic carbocycles. The third-order valence-corrected chi connectivity index (χ3v) is 4.42. The molecular formula is C18H29N3O. The molecule has 0 spiro atoms. The minimum absolute atomic E-state index is 0.0106. The molecule has 1 saturated heterocycles. The Balaban J connectivity index is 1.61. The molecule has 1 heterocycles. The first-order valence-electron chi connectivity index (χ1n) is 8.38. The number of hydrogen-bond acceptors (Lipinski definition) is 3. The fraction of sp³-hybridized carbons (Fsp3) is 0.611. The van der Waals surface area contributed by atoms with E-state index in [0.717, 1.165) is 12.1 Å². The van der Waals surface area contributed by atoms with Crippen molar-refractivity contribution >= 4 is 5.91 Å². The molecule has 0 saturated carbocycles. The maximum atomic E-state index is 12.0. The Morgan fingerprint density at radius 2 is 1.82 bits per heavy atom. The van der Waals surface area contributed by atoms with Crippen molar-refractivity contribution in [2.75, 3.05) is 26.2 Å². The van der Waals surface area contributed by atoms with Crippen LogP contribution in [0.1, 0.15) is 42.6 Å². The molecule has 0 aromatic heterocycles. The molecule has 2 rings (SSSR count). The van der Waals surface area contributed by atoms with E-state index in [1.807, 2.05) is 31.2 Å². The van der Waals surface area contributed by atoms with Crippen LogP contribution in [0.4, 0.5) is 0 Å². The van der Waals surface area contributed by atoms with Gasteiger partial charge in [0, 0.05) is 30.7 Å². The van der Waals surface area contributed by atoms with Gasteiger partial charge in [-0.15, -0.1) is 0 Å². The predicted molar refractivity (Wildman–Crippen MR) is 91.2 cm³/mol. The number of nitrogens with one attached hydrogen (secondary N) is 2. The van der Waals surface area contributed by atoms with Crippen molar-refractivity contribution in [3.8, 4) is 0 Å². The average molecular weight is 303 g/mol. The van der Waals surface area contributed by atoms with E-state index in [1.54, 1.807) is 0 Å². The van der Waals surface area contributed by atoms with Crippen molar-refractivity contribution in [3.05, 3.63) is 35.4 Å². The number of carbonyl (C=O) groups excluding carboxylic acids is 1. The van der Waals surface area contributed by atoms with Crippen LogP contribution in [0.2, 0.25) is 0 Å². The van der Waals surface area contributed by atoms with E-state index in [2.05, 4.69) is 29.4 Å². The van der Waals surface area contributed by atoms with Gasteiger partial charge in [0.25, 0.3) is 5.91 Å². The molecule has 1 aliphatic heterocycles. The molecule has 122 valence electrons. The van der Waals surface area contributed by atoms with Crippen LogP contribution in [-0.2, 0) is 0 Å². The largest absolute Gasteiger partial charge is 0.351 e. The van der Waals surface area contributed by atoms with Gasteiger partial charge in [0.2, 0.25) is 0 Å². The first kappa shape index (κ1) is 17.0. The lowest BCUT2D eigenvalue weighted by Gasteiger charge is -2.35. The molecule has 22 heavy (non-hydrogen) atoms. The number of aryl methyl sites for hydroxylation is 1. The minimum atomic E-state index is 0.0106. The molecule has 0 atom stereocenters. The third-order valence-electron chi connectivity index (χ3n) is 4.42. The van der Waals surface area contributed by atoms with Crippen LogP contribution in [-0.4, -0.2) is 49.1 Å². The summed E-state index contributed by atoms with van der Waals surface area (Å²) in [4.78, 5) is 14.5. The van der Waals surface area contributed by atoms with Crippen molar-refractivity contribution in [2.45, 2.75) is 45.7 Å². The Morgan fingerprint density at radius 3 is 2.41 bits per heavy atom. The number of nitrogens with zero attached hydrogens (tertiary/aromatic N) is 1. The maximum absolute atomic E-state index is 12.0. The summed E-state index contributed by atoms with van der Waals surface area (Å²) < 4.78 is 0. The Morgan fingerprint density at radius 1 is 1.18 bits per heavy atom. The number of carbonyl (C=O) groups is 1. The summed E-state index contributed by atoms with van der Waals surface area (Å²) in [6.45, 7) is 10.4. The topological polar surface area (TPSA) is 44.4 Å². The molecule has 0 radical (unpaired) electrons. The first-order chi connectivity index (χ1) is 10.6. The molecule has 1 fully saturated rings. The van der Waals surface area contributed by atoms with E-state index in [4.69, 9.17) is 0 Å². The highest BCUT2D eigenvalue weighted by Crippen LogP contribution is 2.12. The van der Waals surface area contributed by atoms with E-state index in [-0.39, 0.29) is 5.91 Å². The summed E-state index contributed by atoms with van der Waals surface area (Å²) in [5.74, 6) is 0.0106. The molecule has 1 amide bonds. The molecule has 1 aromatic rings. The van der Waals surface area contributed by atoms with E-state index in [0.29, 0.717) is 18.6 Å². The Kier molecular flexibility index (Phi) is 6.40. The molecule has 0 unspecified atom stereocenters. The number of hydrogen-bond donors (Lipinski definition) is 2. The fourth-order valence-corrected chi connectivity index (χ4v) is 2.88. The van der Waals surface area contributed by atoms with Crippen LogP contribution < -0.4 is 10.6 Å². The van der Waals surface area contributed by atoms with Crippen LogP contribution in [0.25, 0.3) is 0 Å². The summed E-state index contributed by atoms with van der Waals surface area (Å²) >= 11 is 0. The smallest absolute Gasteiger partial charge is 0.251 e. The average Bonchev–Trinajstić information content (AvgIpc) is 2.52. The second kappa shape index (κ2) is 8.30. The Labute approximate surface area is 134 Å². The monoisotopic (exact) mass is 303 g/mol. The normalized spacial score (nSPS) is 16.9. The zero-order valence-electron chi connectivity index (χ0n) is 14.1. The van der Waals surface area contributed by atoms with Gasteiger partial charge in [0.1, 0.15) is 0 Å². The second-order valence-electron chi connectivity index (χ2n) is 6.48. The van der Waals surface area contributed by atoms with Gasteiger partial charge in [0.05, 0.1) is 0 Å². The summed E-state index contributed by atoms with van der Waals surface area (Å²) in [5.41, 5.74) is 1.90. The lowest BCUT2D eigenvalue weighted by atomic mass is 10.0. The molecule has 4 nitrogen and oxygen atoms in total. The molecule has 4 heteroatoms. The lowest BCUT2D eigenvalue weighted by Crippen LogP contribution is -2.46. The van der Waals surface area contributed by atoms with Crippen LogP contribution >= 0.6 is 0 Å². The SMILES string of the molecule is Cc1ccc(C(=O)NCCNC2CCN(C(C)C)CC2)cc1. The fourth-order valence-electron chi connectivity index (χ4n) is 2.88. The van der Waals surface area contributed by atoms with Crippen LogP contribution in [0.3, 0.4) is 0 Å². The van der Waals surface area contributed by atoms with E-state index in [9.17, 15) is 4.79 Å². The molecule has 2 N–H and O–H groups in total. The number of piperidine rings is 1. The Hall–Kier alpha value is -1.39. The minimum Gasteiger partial charge on any atom is -0.351 e. The summed E-state index contributed by atoms with van der Waals surface area (Å²) in [5, 5.41) is 6.53. The zero-order valence-corrected chi connectivity index (χ0v) is 14.1. The number of amides is 1. The van der Waals surface area contributed by atoms with Gasteiger partial charge < -0.3 is 15.5 Å². The van der Waals surface area contributed by atoms with Gasteiger partial charge in [-0.05, 0) is 58.8 Å². The third kappa shape index (κ3) is 5.11. The maximum Gasteiger partial charge on any atom is 0.251 e. The highest BCUT2D eigenvalue weighted by Gasteiger charge is 2.19. The number of rotatable bonds is 6. The summed E-state index contributed by atoms with van der Waals surface area (Å²) in [7, 11) is 0. The van der Waals surface area contributed by atoms with E-state index < -0.39 is 0 Å².